The highest BCUT2D eigenvalue weighted by molar-refractivity contribution is 5.92. The molecule has 0 spiro atoms. The molecule has 0 atom stereocenters. The fourth-order valence-electron chi connectivity index (χ4n) is 4.91. The van der Waals surface area contributed by atoms with Crippen molar-refractivity contribution in [2.45, 2.75) is 64.7 Å². The topological polar surface area (TPSA) is 109 Å². The zero-order valence-corrected chi connectivity index (χ0v) is 26.7. The molecule has 3 aromatic carbocycles. The molecule has 9 nitrogen and oxygen atoms in total. The fraction of sp³-hybridized carbons (Fsp3) is 0.324. The van der Waals surface area contributed by atoms with Crippen LogP contribution in [0.3, 0.4) is 0 Å². The molecule has 0 aliphatic rings. The molecular weight excluding hydrogens is 582 g/mol. The van der Waals surface area contributed by atoms with Gasteiger partial charge < -0.3 is 14.0 Å². The largest absolute Gasteiger partial charge is 0.427 e. The quantitative estimate of drug-likeness (QED) is 0.0602. The lowest BCUT2D eigenvalue weighted by Crippen LogP contribution is -2.36. The van der Waals surface area contributed by atoms with Crippen LogP contribution in [0.2, 0.25) is 0 Å². The van der Waals surface area contributed by atoms with Crippen molar-refractivity contribution in [3.8, 4) is 22.6 Å². The molecule has 0 fully saturated rings. The summed E-state index contributed by atoms with van der Waals surface area (Å²) in [5, 5.41) is 0. The minimum atomic E-state index is -0.500. The summed E-state index contributed by atoms with van der Waals surface area (Å²) in [4.78, 5) is 53.3. The Morgan fingerprint density at radius 3 is 1.89 bits per heavy atom. The van der Waals surface area contributed by atoms with Crippen LogP contribution in [-0.2, 0) is 18.9 Å². The Hall–Kier alpha value is -5.05. The Balaban J connectivity index is 1.25. The molecule has 0 unspecified atom stereocenters. The van der Waals surface area contributed by atoms with Crippen LogP contribution in [0.1, 0.15) is 80.6 Å². The average Bonchev–Trinajstić information content (AvgIpc) is 3.07. The number of hydrogen-bond acceptors (Lipinski definition) is 7. The number of benzene rings is 3. The molecule has 9 heteroatoms. The molecule has 0 N–H and O–H groups in total. The van der Waals surface area contributed by atoms with Crippen LogP contribution >= 0.6 is 0 Å². The van der Waals surface area contributed by atoms with Crippen LogP contribution in [0.4, 0.5) is 5.69 Å². The summed E-state index contributed by atoms with van der Waals surface area (Å²) in [5.41, 5.74) is 2.13. The molecule has 0 saturated carbocycles. The van der Waals surface area contributed by atoms with E-state index in [1.807, 2.05) is 24.3 Å². The van der Waals surface area contributed by atoms with Gasteiger partial charge in [0, 0.05) is 32.9 Å². The Morgan fingerprint density at radius 1 is 0.717 bits per heavy atom. The van der Waals surface area contributed by atoms with Gasteiger partial charge in [0.1, 0.15) is 17.2 Å². The third kappa shape index (κ3) is 9.72. The number of ether oxygens (including phenoxy) is 2. The van der Waals surface area contributed by atoms with E-state index in [9.17, 15) is 19.2 Å². The maximum absolute atomic E-state index is 12.7. The first-order valence-electron chi connectivity index (χ1n) is 15.8. The Kier molecular flexibility index (Phi) is 12.4. The third-order valence-corrected chi connectivity index (χ3v) is 7.65. The highest BCUT2D eigenvalue weighted by Gasteiger charge is 2.11. The molecule has 0 aliphatic heterocycles. The molecule has 1 aromatic heterocycles. The summed E-state index contributed by atoms with van der Waals surface area (Å²) < 4.78 is 13.3. The van der Waals surface area contributed by atoms with E-state index < -0.39 is 17.2 Å². The number of nitrogens with zero attached hydrogens (tertiary/aromatic N) is 3. The molecule has 46 heavy (non-hydrogen) atoms. The number of carbonyl (C=O) groups is 2. The standard InChI is InChI=1S/C37H41N3O6/c1-4-5-6-7-8-9-10-11-12-34(41)45-31-23-19-29(20-24-31)28-15-17-30(18-16-28)36(43)46-32-21-13-27(14-22-32)25-38-33-26-39(2)37(44)40(3)35(33)42/h13-26H,4-12H2,1-3H3. The van der Waals surface area contributed by atoms with Gasteiger partial charge in [-0.3, -0.25) is 14.2 Å². The Labute approximate surface area is 269 Å². The summed E-state index contributed by atoms with van der Waals surface area (Å²) >= 11 is 0. The van der Waals surface area contributed by atoms with Gasteiger partial charge in [0.15, 0.2) is 0 Å². The fourth-order valence-corrected chi connectivity index (χ4v) is 4.91. The summed E-state index contributed by atoms with van der Waals surface area (Å²) in [5.74, 6) is 0.164. The van der Waals surface area contributed by atoms with Crippen LogP contribution in [0.5, 0.6) is 11.5 Å². The van der Waals surface area contributed by atoms with E-state index in [0.717, 1.165) is 35.0 Å². The van der Waals surface area contributed by atoms with E-state index in [4.69, 9.17) is 9.47 Å². The zero-order valence-electron chi connectivity index (χ0n) is 26.7. The molecule has 0 bridgehead atoms. The molecule has 1 heterocycles. The Morgan fingerprint density at radius 2 is 1.26 bits per heavy atom. The van der Waals surface area contributed by atoms with E-state index in [0.29, 0.717) is 29.0 Å². The summed E-state index contributed by atoms with van der Waals surface area (Å²) in [7, 11) is 2.95. The van der Waals surface area contributed by atoms with Gasteiger partial charge in [-0.25, -0.2) is 14.6 Å². The van der Waals surface area contributed by atoms with Crippen molar-refractivity contribution < 1.29 is 19.1 Å². The Bertz CT molecular complexity index is 1750. The van der Waals surface area contributed by atoms with Gasteiger partial charge in [-0.2, -0.15) is 0 Å². The number of aromatic nitrogens is 2. The van der Waals surface area contributed by atoms with Crippen molar-refractivity contribution in [2.75, 3.05) is 0 Å². The number of carbonyl (C=O) groups excluding carboxylic acids is 2. The number of aryl methyl sites for hydroxylation is 1. The van der Waals surface area contributed by atoms with Gasteiger partial charge in [0.25, 0.3) is 5.56 Å². The van der Waals surface area contributed by atoms with Crippen LogP contribution in [0, 0.1) is 0 Å². The molecule has 4 rings (SSSR count). The third-order valence-electron chi connectivity index (χ3n) is 7.65. The second kappa shape index (κ2) is 16.9. The van der Waals surface area contributed by atoms with Crippen molar-refractivity contribution in [2.24, 2.45) is 19.1 Å². The first-order chi connectivity index (χ1) is 22.2. The maximum Gasteiger partial charge on any atom is 0.343 e. The van der Waals surface area contributed by atoms with E-state index in [-0.39, 0.29) is 11.7 Å². The normalized spacial score (nSPS) is 11.1. The van der Waals surface area contributed by atoms with Crippen LogP contribution in [0.25, 0.3) is 11.1 Å². The lowest BCUT2D eigenvalue weighted by atomic mass is 10.0. The highest BCUT2D eigenvalue weighted by Crippen LogP contribution is 2.24. The van der Waals surface area contributed by atoms with Crippen molar-refractivity contribution >= 4 is 23.8 Å². The van der Waals surface area contributed by atoms with Gasteiger partial charge in [-0.05, 0) is 71.6 Å². The van der Waals surface area contributed by atoms with Crippen molar-refractivity contribution in [1.82, 2.24) is 9.13 Å². The van der Waals surface area contributed by atoms with Crippen LogP contribution < -0.4 is 20.7 Å². The molecule has 0 aliphatic carbocycles. The lowest BCUT2D eigenvalue weighted by Gasteiger charge is -2.08. The number of rotatable bonds is 15. The summed E-state index contributed by atoms with van der Waals surface area (Å²) in [6.07, 6.45) is 12.7. The summed E-state index contributed by atoms with van der Waals surface area (Å²) in [6, 6.07) is 21.1. The molecule has 240 valence electrons. The van der Waals surface area contributed by atoms with Crippen LogP contribution in [0.15, 0.2) is 93.6 Å². The smallest absolute Gasteiger partial charge is 0.343 e. The second-order valence-electron chi connectivity index (χ2n) is 11.3. The first-order valence-corrected chi connectivity index (χ1v) is 15.8. The van der Waals surface area contributed by atoms with Gasteiger partial charge in [-0.15, -0.1) is 0 Å². The summed E-state index contributed by atoms with van der Waals surface area (Å²) in [6.45, 7) is 2.22. The maximum atomic E-state index is 12.7. The first kappa shape index (κ1) is 33.8. The van der Waals surface area contributed by atoms with Gasteiger partial charge in [0.2, 0.25) is 0 Å². The predicted molar refractivity (Wildman–Crippen MR) is 180 cm³/mol. The van der Waals surface area contributed by atoms with Crippen LogP contribution in [-0.4, -0.2) is 27.3 Å². The van der Waals surface area contributed by atoms with Crippen molar-refractivity contribution in [3.63, 3.8) is 0 Å². The number of aliphatic imine (C=N–C) groups is 1. The van der Waals surface area contributed by atoms with Crippen molar-refractivity contribution in [1.29, 1.82) is 0 Å². The van der Waals surface area contributed by atoms with Gasteiger partial charge >= 0.3 is 17.6 Å². The van der Waals surface area contributed by atoms with E-state index in [2.05, 4.69) is 11.9 Å². The van der Waals surface area contributed by atoms with E-state index >= 15 is 0 Å². The molecule has 0 amide bonds. The van der Waals surface area contributed by atoms with E-state index in [1.165, 1.54) is 56.1 Å². The van der Waals surface area contributed by atoms with Gasteiger partial charge in [-0.1, -0.05) is 76.1 Å². The molecule has 4 aromatic rings. The molecule has 0 saturated heterocycles. The number of unbranched alkanes of at least 4 members (excludes halogenated alkanes) is 7. The van der Waals surface area contributed by atoms with Crippen molar-refractivity contribution in [3.05, 3.63) is 111 Å². The molecular formula is C37H41N3O6. The number of hydrogen-bond donors (Lipinski definition) is 0. The molecule has 0 radical (unpaired) electrons. The second-order valence-corrected chi connectivity index (χ2v) is 11.3. The predicted octanol–water partition coefficient (Wildman–Crippen LogP) is 7.16. The van der Waals surface area contributed by atoms with Gasteiger partial charge in [0.05, 0.1) is 5.56 Å². The minimum absolute atomic E-state index is 0.132. The van der Waals surface area contributed by atoms with E-state index in [1.54, 1.807) is 55.6 Å². The average molecular weight is 624 g/mol. The monoisotopic (exact) mass is 623 g/mol. The number of esters is 2. The minimum Gasteiger partial charge on any atom is -0.427 e. The highest BCUT2D eigenvalue weighted by atomic mass is 16.5. The SMILES string of the molecule is CCCCCCCCCCC(=O)Oc1ccc(-c2ccc(C(=O)Oc3ccc(C=Nc4cn(C)c(=O)n(C)c4=O)cc3)cc2)cc1. The zero-order chi connectivity index (χ0) is 32.9. The lowest BCUT2D eigenvalue weighted by molar-refractivity contribution is -0.134.